The zero-order valence-corrected chi connectivity index (χ0v) is 17.0. The summed E-state index contributed by atoms with van der Waals surface area (Å²) in [5.74, 6) is 0. The van der Waals surface area contributed by atoms with Crippen LogP contribution >= 0.6 is 0 Å². The molecule has 9 nitrogen and oxygen atoms in total. The van der Waals surface area contributed by atoms with Crippen LogP contribution in [-0.4, -0.2) is 75.9 Å². The Hall–Kier alpha value is 0.0200. The second kappa shape index (κ2) is 11.7. The van der Waals surface area contributed by atoms with E-state index in [4.69, 9.17) is 9.11 Å². The second-order valence-electron chi connectivity index (χ2n) is 6.88. The topological polar surface area (TPSA) is 151 Å². The fourth-order valence-corrected chi connectivity index (χ4v) is 2.26. The van der Waals surface area contributed by atoms with Gasteiger partial charge in [-0.15, -0.1) is 0 Å². The van der Waals surface area contributed by atoms with Crippen LogP contribution in [0, 0.1) is 0 Å². The monoisotopic (exact) mass is 403 g/mol. The van der Waals surface area contributed by atoms with Gasteiger partial charge in [0.25, 0.3) is 0 Å². The molecule has 11 heteroatoms. The number of hydrogen-bond acceptors (Lipinski definition) is 7. The number of nitrogens with one attached hydrogen (secondary N) is 3. The molecule has 25 heavy (non-hydrogen) atoms. The van der Waals surface area contributed by atoms with Gasteiger partial charge in [0, 0.05) is 0 Å². The Labute approximate surface area is 154 Å². The highest BCUT2D eigenvalue weighted by Gasteiger charge is 2.34. The smallest absolute Gasteiger partial charge is 0.162 e. The van der Waals surface area contributed by atoms with E-state index in [-0.39, 0.29) is 0 Å². The van der Waals surface area contributed by atoms with Crippen LogP contribution in [0.15, 0.2) is 0 Å². The summed E-state index contributed by atoms with van der Waals surface area (Å²) in [6.07, 6.45) is -0.663. The van der Waals surface area contributed by atoms with Gasteiger partial charge in [0.2, 0.25) is 0 Å². The normalized spacial score (nSPS) is 17.9. The Morgan fingerprint density at radius 1 is 0.760 bits per heavy atom. The first-order chi connectivity index (χ1) is 11.4. The molecule has 0 aliphatic carbocycles. The third kappa shape index (κ3) is 8.98. The molecule has 0 saturated carbocycles. The SMILES string of the molecule is CC(C)(C(O)NCCCNCCCNC(O)C(C)(C)S(=O)O)S(=O)O. The third-order valence-corrected chi connectivity index (χ3v) is 6.20. The van der Waals surface area contributed by atoms with Crippen molar-refractivity contribution in [2.75, 3.05) is 26.2 Å². The van der Waals surface area contributed by atoms with Gasteiger partial charge in [0.05, 0.1) is 0 Å². The van der Waals surface area contributed by atoms with E-state index in [1.807, 2.05) is 0 Å². The average molecular weight is 404 g/mol. The molecule has 4 unspecified atom stereocenters. The zero-order chi connectivity index (χ0) is 19.7. The average Bonchev–Trinajstić information content (AvgIpc) is 2.52. The molecule has 152 valence electrons. The van der Waals surface area contributed by atoms with E-state index in [1.54, 1.807) is 0 Å². The minimum absolute atomic E-state index is 0.502. The fraction of sp³-hybridized carbons (Fsp3) is 1.00. The van der Waals surface area contributed by atoms with Gasteiger partial charge >= 0.3 is 0 Å². The van der Waals surface area contributed by atoms with E-state index in [0.29, 0.717) is 26.2 Å². The van der Waals surface area contributed by atoms with Gasteiger partial charge in [-0.05, 0) is 66.7 Å². The summed E-state index contributed by atoms with van der Waals surface area (Å²) in [6.45, 7) is 8.45. The number of rotatable bonds is 14. The van der Waals surface area contributed by atoms with Crippen LogP contribution < -0.4 is 16.0 Å². The molecule has 0 bridgehead atoms. The molecule has 4 atom stereocenters. The first-order valence-electron chi connectivity index (χ1n) is 8.19. The Bertz CT molecular complexity index is 399. The van der Waals surface area contributed by atoms with E-state index >= 15 is 0 Å². The number of aliphatic hydroxyl groups excluding tert-OH is 2. The molecule has 0 radical (unpaired) electrons. The van der Waals surface area contributed by atoms with Crippen LogP contribution in [0.25, 0.3) is 0 Å². The molecule has 0 saturated heterocycles. The van der Waals surface area contributed by atoms with Crippen LogP contribution in [0.1, 0.15) is 40.5 Å². The van der Waals surface area contributed by atoms with Crippen molar-refractivity contribution in [2.45, 2.75) is 62.5 Å². The number of hydrogen-bond donors (Lipinski definition) is 7. The van der Waals surface area contributed by atoms with Gasteiger partial charge in [-0.3, -0.25) is 10.6 Å². The highest BCUT2D eigenvalue weighted by atomic mass is 32.2. The first-order valence-corrected chi connectivity index (χ1v) is 10.4. The van der Waals surface area contributed by atoms with Gasteiger partial charge in [0.1, 0.15) is 21.9 Å². The lowest BCUT2D eigenvalue weighted by molar-refractivity contribution is 0.101. The van der Waals surface area contributed by atoms with Crippen molar-refractivity contribution in [2.24, 2.45) is 0 Å². The summed E-state index contributed by atoms with van der Waals surface area (Å²) >= 11 is -4.24. The highest BCUT2D eigenvalue weighted by Crippen LogP contribution is 2.15. The van der Waals surface area contributed by atoms with Crippen LogP contribution in [-0.2, 0) is 22.2 Å². The maximum atomic E-state index is 11.1. The minimum Gasteiger partial charge on any atom is -0.377 e. The predicted molar refractivity (Wildman–Crippen MR) is 99.8 cm³/mol. The quantitative estimate of drug-likeness (QED) is 0.112. The Balaban J connectivity index is 3.69. The Morgan fingerprint density at radius 2 is 1.08 bits per heavy atom. The van der Waals surface area contributed by atoms with Gasteiger partial charge in [-0.2, -0.15) is 0 Å². The van der Waals surface area contributed by atoms with E-state index in [0.717, 1.165) is 12.8 Å². The fourth-order valence-electron chi connectivity index (χ4n) is 1.71. The molecular formula is C14H33N3O6S2. The maximum Gasteiger partial charge on any atom is 0.162 e. The van der Waals surface area contributed by atoms with E-state index < -0.39 is 44.1 Å². The van der Waals surface area contributed by atoms with E-state index in [9.17, 15) is 18.6 Å². The summed E-state index contributed by atoms with van der Waals surface area (Å²) in [7, 11) is 0. The maximum absolute atomic E-state index is 11.1. The number of aliphatic hydroxyl groups is 2. The van der Waals surface area contributed by atoms with Gasteiger partial charge in [-0.25, -0.2) is 8.42 Å². The summed E-state index contributed by atoms with van der Waals surface area (Å²) < 4.78 is 38.1. The van der Waals surface area contributed by atoms with Crippen LogP contribution in [0.2, 0.25) is 0 Å². The molecule has 0 aromatic rings. The van der Waals surface area contributed by atoms with Crippen LogP contribution in [0.4, 0.5) is 0 Å². The van der Waals surface area contributed by atoms with Crippen molar-refractivity contribution >= 4 is 22.2 Å². The second-order valence-corrected chi connectivity index (χ2v) is 9.98. The van der Waals surface area contributed by atoms with Crippen LogP contribution in [0.3, 0.4) is 0 Å². The van der Waals surface area contributed by atoms with Gasteiger partial charge in [-0.1, -0.05) is 0 Å². The van der Waals surface area contributed by atoms with Crippen molar-refractivity contribution in [3.8, 4) is 0 Å². The summed E-state index contributed by atoms with van der Waals surface area (Å²) in [6, 6.07) is 0. The molecule has 0 heterocycles. The first kappa shape index (κ1) is 25.0. The molecule has 0 aliphatic heterocycles. The summed E-state index contributed by atoms with van der Waals surface area (Å²) in [5, 5.41) is 28.5. The van der Waals surface area contributed by atoms with E-state index in [2.05, 4.69) is 16.0 Å². The van der Waals surface area contributed by atoms with Gasteiger partial charge < -0.3 is 24.6 Å². The third-order valence-electron chi connectivity index (χ3n) is 3.95. The summed E-state index contributed by atoms with van der Waals surface area (Å²) in [4.78, 5) is 0. The summed E-state index contributed by atoms with van der Waals surface area (Å²) in [5.41, 5.74) is 0. The zero-order valence-electron chi connectivity index (χ0n) is 15.3. The molecule has 0 aromatic heterocycles. The molecule has 7 N–H and O–H groups in total. The van der Waals surface area contributed by atoms with Crippen molar-refractivity contribution < 1.29 is 27.7 Å². The van der Waals surface area contributed by atoms with Gasteiger partial charge in [0.15, 0.2) is 22.2 Å². The largest absolute Gasteiger partial charge is 0.377 e. The predicted octanol–water partition coefficient (Wildman–Crippen LogP) is -0.827. The molecule has 0 amide bonds. The standard InChI is InChI=1S/C14H33N3O6S2/c1-13(2,24(20)21)11(18)16-9-5-7-15-8-6-10-17-12(19)14(3,4)25(22)23/h11-12,15-19H,5-10H2,1-4H3,(H,20,21)(H,22,23). The Morgan fingerprint density at radius 3 is 1.36 bits per heavy atom. The van der Waals surface area contributed by atoms with Crippen LogP contribution in [0.5, 0.6) is 0 Å². The Kier molecular flexibility index (Phi) is 11.7. The van der Waals surface area contributed by atoms with Crippen molar-refractivity contribution in [3.63, 3.8) is 0 Å². The van der Waals surface area contributed by atoms with Crippen molar-refractivity contribution in [1.82, 2.24) is 16.0 Å². The lowest BCUT2D eigenvalue weighted by atomic mass is 10.1. The molecule has 0 aromatic carbocycles. The van der Waals surface area contributed by atoms with E-state index in [1.165, 1.54) is 27.7 Å². The molecule has 0 spiro atoms. The molecular weight excluding hydrogens is 370 g/mol. The molecule has 0 aliphatic rings. The molecule has 0 rings (SSSR count). The lowest BCUT2D eigenvalue weighted by Gasteiger charge is -2.27. The highest BCUT2D eigenvalue weighted by molar-refractivity contribution is 7.81. The molecule has 0 fully saturated rings. The van der Waals surface area contributed by atoms with Crippen molar-refractivity contribution in [1.29, 1.82) is 0 Å². The van der Waals surface area contributed by atoms with Crippen molar-refractivity contribution in [3.05, 3.63) is 0 Å². The lowest BCUT2D eigenvalue weighted by Crippen LogP contribution is -2.50. The minimum atomic E-state index is -2.12.